The Labute approximate surface area is 106 Å². The normalized spacial score (nSPS) is 16.4. The van der Waals surface area contributed by atoms with Gasteiger partial charge in [-0.15, -0.1) is 0 Å². The smallest absolute Gasteiger partial charge is 0.191 e. The maximum Gasteiger partial charge on any atom is 0.191 e. The summed E-state index contributed by atoms with van der Waals surface area (Å²) in [5.41, 5.74) is 7.56. The first-order chi connectivity index (χ1) is 8.79. The van der Waals surface area contributed by atoms with E-state index in [2.05, 4.69) is 11.1 Å². The first kappa shape index (κ1) is 12.4. The van der Waals surface area contributed by atoms with Crippen molar-refractivity contribution in [2.45, 2.75) is 6.54 Å². The number of aliphatic imine (C=N–C) groups is 1. The van der Waals surface area contributed by atoms with E-state index in [4.69, 9.17) is 15.7 Å². The van der Waals surface area contributed by atoms with Gasteiger partial charge < -0.3 is 15.4 Å². The highest BCUT2D eigenvalue weighted by molar-refractivity contribution is 5.78. The average molecular weight is 244 g/mol. The van der Waals surface area contributed by atoms with Crippen LogP contribution >= 0.6 is 0 Å². The molecule has 1 aromatic carbocycles. The number of hydrogen-bond acceptors (Lipinski definition) is 3. The molecule has 5 nitrogen and oxygen atoms in total. The maximum atomic E-state index is 8.81. The summed E-state index contributed by atoms with van der Waals surface area (Å²) in [6, 6.07) is 9.51. The van der Waals surface area contributed by atoms with Gasteiger partial charge in [-0.25, -0.2) is 4.99 Å². The summed E-state index contributed by atoms with van der Waals surface area (Å²) in [7, 11) is 0. The van der Waals surface area contributed by atoms with Crippen LogP contribution in [-0.2, 0) is 11.3 Å². The third-order valence-electron chi connectivity index (χ3n) is 2.81. The molecule has 0 radical (unpaired) electrons. The van der Waals surface area contributed by atoms with Crippen molar-refractivity contribution < 1.29 is 4.74 Å². The van der Waals surface area contributed by atoms with Gasteiger partial charge in [-0.1, -0.05) is 12.1 Å². The lowest BCUT2D eigenvalue weighted by atomic mass is 10.1. The summed E-state index contributed by atoms with van der Waals surface area (Å²) in [5, 5.41) is 8.81. The monoisotopic (exact) mass is 244 g/mol. The molecule has 0 aromatic heterocycles. The van der Waals surface area contributed by atoms with Gasteiger partial charge >= 0.3 is 0 Å². The van der Waals surface area contributed by atoms with Crippen molar-refractivity contribution >= 4 is 5.96 Å². The second kappa shape index (κ2) is 6.03. The lowest BCUT2D eigenvalue weighted by molar-refractivity contribution is 0.0674. The molecule has 1 saturated heterocycles. The fourth-order valence-electron chi connectivity index (χ4n) is 1.80. The second-order valence-electron chi connectivity index (χ2n) is 4.09. The molecule has 0 aliphatic carbocycles. The Morgan fingerprint density at radius 2 is 2.22 bits per heavy atom. The summed E-state index contributed by atoms with van der Waals surface area (Å²) < 4.78 is 5.25. The highest BCUT2D eigenvalue weighted by atomic mass is 16.5. The van der Waals surface area contributed by atoms with Gasteiger partial charge in [0.05, 0.1) is 31.4 Å². The third kappa shape index (κ3) is 3.22. The van der Waals surface area contributed by atoms with E-state index in [1.54, 1.807) is 6.07 Å². The molecule has 1 fully saturated rings. The van der Waals surface area contributed by atoms with Crippen LogP contribution in [0.15, 0.2) is 29.3 Å². The average Bonchev–Trinajstić information content (AvgIpc) is 2.46. The summed E-state index contributed by atoms with van der Waals surface area (Å²) in [4.78, 5) is 6.36. The minimum atomic E-state index is 0.499. The van der Waals surface area contributed by atoms with Crippen LogP contribution in [0.5, 0.6) is 0 Å². The summed E-state index contributed by atoms with van der Waals surface area (Å²) in [6.45, 7) is 3.46. The third-order valence-corrected chi connectivity index (χ3v) is 2.81. The number of nitrogens with zero attached hydrogens (tertiary/aromatic N) is 3. The topological polar surface area (TPSA) is 74.6 Å². The second-order valence-corrected chi connectivity index (χ2v) is 4.09. The zero-order chi connectivity index (χ0) is 12.8. The minimum Gasteiger partial charge on any atom is -0.378 e. The van der Waals surface area contributed by atoms with Crippen LogP contribution in [0.4, 0.5) is 0 Å². The molecule has 94 valence electrons. The first-order valence-corrected chi connectivity index (χ1v) is 5.91. The quantitative estimate of drug-likeness (QED) is 0.614. The Hall–Kier alpha value is -2.06. The predicted octanol–water partition coefficient (Wildman–Crippen LogP) is 0.705. The fraction of sp³-hybridized carbons (Fsp3) is 0.385. The molecule has 2 N–H and O–H groups in total. The molecular weight excluding hydrogens is 228 g/mol. The molecule has 18 heavy (non-hydrogen) atoms. The van der Waals surface area contributed by atoms with E-state index >= 15 is 0 Å². The SMILES string of the molecule is N#Cc1cccc(CN=C(N)N2CCOCC2)c1. The summed E-state index contributed by atoms with van der Waals surface area (Å²) in [6.07, 6.45) is 0. The van der Waals surface area contributed by atoms with Gasteiger partial charge in [0.1, 0.15) is 0 Å². The van der Waals surface area contributed by atoms with Crippen molar-refractivity contribution in [2.24, 2.45) is 10.7 Å². The lowest BCUT2D eigenvalue weighted by Crippen LogP contribution is -2.44. The Morgan fingerprint density at radius 1 is 1.44 bits per heavy atom. The Morgan fingerprint density at radius 3 is 2.94 bits per heavy atom. The van der Waals surface area contributed by atoms with E-state index in [1.807, 2.05) is 23.1 Å². The molecule has 0 atom stereocenters. The predicted molar refractivity (Wildman–Crippen MR) is 68.9 cm³/mol. The molecule has 1 aliphatic heterocycles. The van der Waals surface area contributed by atoms with Gasteiger partial charge in [-0.3, -0.25) is 0 Å². The van der Waals surface area contributed by atoms with E-state index in [9.17, 15) is 0 Å². The maximum absolute atomic E-state index is 8.81. The number of rotatable bonds is 2. The molecule has 1 heterocycles. The van der Waals surface area contributed by atoms with Crippen molar-refractivity contribution in [2.75, 3.05) is 26.3 Å². The van der Waals surface area contributed by atoms with Crippen molar-refractivity contribution in [3.05, 3.63) is 35.4 Å². The first-order valence-electron chi connectivity index (χ1n) is 5.91. The molecule has 2 rings (SSSR count). The highest BCUT2D eigenvalue weighted by Gasteiger charge is 2.11. The number of guanidine groups is 1. The van der Waals surface area contributed by atoms with Crippen LogP contribution in [0.3, 0.4) is 0 Å². The number of hydrogen-bond donors (Lipinski definition) is 1. The minimum absolute atomic E-state index is 0.499. The van der Waals surface area contributed by atoms with Crippen molar-refractivity contribution in [3.63, 3.8) is 0 Å². The molecule has 1 aromatic rings. The highest BCUT2D eigenvalue weighted by Crippen LogP contribution is 2.06. The zero-order valence-electron chi connectivity index (χ0n) is 10.2. The van der Waals surface area contributed by atoms with Crippen molar-refractivity contribution in [1.29, 1.82) is 5.26 Å². The van der Waals surface area contributed by atoms with E-state index in [0.717, 1.165) is 18.7 Å². The van der Waals surface area contributed by atoms with Crippen LogP contribution in [0.2, 0.25) is 0 Å². The number of benzene rings is 1. The molecule has 0 saturated carbocycles. The number of nitrogens with two attached hydrogens (primary N) is 1. The van der Waals surface area contributed by atoms with E-state index in [0.29, 0.717) is 31.3 Å². The van der Waals surface area contributed by atoms with Gasteiger partial charge in [0, 0.05) is 13.1 Å². The molecule has 0 unspecified atom stereocenters. The molecule has 0 amide bonds. The summed E-state index contributed by atoms with van der Waals surface area (Å²) in [5.74, 6) is 0.542. The molecular formula is C13H16N4O. The van der Waals surface area contributed by atoms with Crippen LogP contribution in [0.1, 0.15) is 11.1 Å². The van der Waals surface area contributed by atoms with Crippen molar-refractivity contribution in [3.8, 4) is 6.07 Å². The van der Waals surface area contributed by atoms with Crippen LogP contribution in [-0.4, -0.2) is 37.2 Å². The fourth-order valence-corrected chi connectivity index (χ4v) is 1.80. The van der Waals surface area contributed by atoms with Gasteiger partial charge in [0.25, 0.3) is 0 Å². The number of morpholine rings is 1. The van der Waals surface area contributed by atoms with E-state index in [1.165, 1.54) is 0 Å². The van der Waals surface area contributed by atoms with Crippen LogP contribution in [0, 0.1) is 11.3 Å². The Balaban J connectivity index is 1.98. The Bertz CT molecular complexity index is 472. The van der Waals surface area contributed by atoms with Crippen LogP contribution in [0.25, 0.3) is 0 Å². The molecule has 0 bridgehead atoms. The molecule has 5 heteroatoms. The molecule has 1 aliphatic rings. The van der Waals surface area contributed by atoms with Gasteiger partial charge in [0.2, 0.25) is 0 Å². The zero-order valence-corrected chi connectivity index (χ0v) is 10.2. The lowest BCUT2D eigenvalue weighted by Gasteiger charge is -2.27. The Kier molecular flexibility index (Phi) is 4.15. The standard InChI is InChI=1S/C13H16N4O/c14-9-11-2-1-3-12(8-11)10-16-13(15)17-4-6-18-7-5-17/h1-3,8H,4-7,10H2,(H2,15,16). The van der Waals surface area contributed by atoms with Gasteiger partial charge in [-0.05, 0) is 17.7 Å². The largest absolute Gasteiger partial charge is 0.378 e. The number of ether oxygens (including phenoxy) is 1. The number of nitriles is 1. The van der Waals surface area contributed by atoms with Crippen LogP contribution < -0.4 is 5.73 Å². The van der Waals surface area contributed by atoms with Crippen molar-refractivity contribution in [1.82, 2.24) is 4.90 Å². The molecule has 0 spiro atoms. The van der Waals surface area contributed by atoms with Gasteiger partial charge in [0.15, 0.2) is 5.96 Å². The van der Waals surface area contributed by atoms with E-state index < -0.39 is 0 Å². The van der Waals surface area contributed by atoms with E-state index in [-0.39, 0.29) is 0 Å². The van der Waals surface area contributed by atoms with Gasteiger partial charge in [-0.2, -0.15) is 5.26 Å². The summed E-state index contributed by atoms with van der Waals surface area (Å²) >= 11 is 0.